The third-order valence-electron chi connectivity index (χ3n) is 4.61. The van der Waals surface area contributed by atoms with Gasteiger partial charge in [0, 0.05) is 16.6 Å². The maximum atomic E-state index is 10.8. The van der Waals surface area contributed by atoms with Crippen molar-refractivity contribution in [3.05, 3.63) is 80.7 Å². The molecule has 0 bridgehead atoms. The number of benzene rings is 1. The van der Waals surface area contributed by atoms with E-state index in [1.165, 1.54) is 18.0 Å². The minimum absolute atomic E-state index is 0.656. The second-order valence-electron chi connectivity index (χ2n) is 7.22. The molecule has 32 heavy (non-hydrogen) atoms. The van der Waals surface area contributed by atoms with Crippen LogP contribution in [0.1, 0.15) is 33.6 Å². The average Bonchev–Trinajstić information content (AvgIpc) is 3.34. The van der Waals surface area contributed by atoms with Crippen LogP contribution < -0.4 is 27.6 Å². The van der Waals surface area contributed by atoms with Gasteiger partial charge < -0.3 is 21.4 Å². The van der Waals surface area contributed by atoms with Crippen molar-refractivity contribution in [3.63, 3.8) is 0 Å². The summed E-state index contributed by atoms with van der Waals surface area (Å²) in [6.45, 7) is 6.19. The van der Waals surface area contributed by atoms with Gasteiger partial charge in [0.25, 0.3) is 0 Å². The first-order chi connectivity index (χ1) is 15.2. The zero-order valence-corrected chi connectivity index (χ0v) is 17.9. The summed E-state index contributed by atoms with van der Waals surface area (Å²) in [5, 5.41) is 12.3. The molecule has 0 aliphatic heterocycles. The van der Waals surface area contributed by atoms with Crippen molar-refractivity contribution >= 4 is 30.0 Å². The van der Waals surface area contributed by atoms with Gasteiger partial charge in [-0.15, -0.1) is 0 Å². The molecule has 7 N–H and O–H groups in total. The molecule has 0 spiro atoms. The van der Waals surface area contributed by atoms with E-state index in [0.717, 1.165) is 33.3 Å². The lowest BCUT2D eigenvalue weighted by Gasteiger charge is -2.14. The van der Waals surface area contributed by atoms with Crippen LogP contribution in [0.5, 0.6) is 0 Å². The molecule has 2 heterocycles. The summed E-state index contributed by atoms with van der Waals surface area (Å²) >= 11 is 0. The second kappa shape index (κ2) is 9.56. The third kappa shape index (κ3) is 5.36. The van der Waals surface area contributed by atoms with Crippen LogP contribution in [-0.4, -0.2) is 28.2 Å². The van der Waals surface area contributed by atoms with Gasteiger partial charge in [-0.2, -0.15) is 10.2 Å². The number of amides is 4. The molecule has 2 aromatic heterocycles. The van der Waals surface area contributed by atoms with Gasteiger partial charge in [-0.3, -0.25) is 0 Å². The lowest BCUT2D eigenvalue weighted by Crippen LogP contribution is -2.24. The monoisotopic (exact) mass is 432 g/mol. The van der Waals surface area contributed by atoms with E-state index in [-0.39, 0.29) is 0 Å². The van der Waals surface area contributed by atoms with Gasteiger partial charge in [-0.25, -0.2) is 15.0 Å². The lowest BCUT2D eigenvalue weighted by atomic mass is 9.92. The fraction of sp³-hybridized carbons (Fsp3) is 0.136. The zero-order valence-electron chi connectivity index (χ0n) is 17.9. The Kier molecular flexibility index (Phi) is 6.64. The van der Waals surface area contributed by atoms with Crippen LogP contribution in [0.4, 0.5) is 9.59 Å². The summed E-state index contributed by atoms with van der Waals surface area (Å²) in [4.78, 5) is 28.2. The molecule has 10 nitrogen and oxygen atoms in total. The number of nitrogens with zero attached hydrogens (tertiary/aromatic N) is 3. The number of azo groups is 1. The molecular formula is C22H24N8O2. The van der Waals surface area contributed by atoms with Crippen molar-refractivity contribution in [3.8, 4) is 0 Å². The largest absolute Gasteiger partial charge is 0.356 e. The zero-order chi connectivity index (χ0) is 23.3. The van der Waals surface area contributed by atoms with E-state index >= 15 is 0 Å². The predicted octanol–water partition coefficient (Wildman–Crippen LogP) is 1.79. The second-order valence-corrected chi connectivity index (χ2v) is 7.22. The van der Waals surface area contributed by atoms with E-state index < -0.39 is 12.1 Å². The van der Waals surface area contributed by atoms with Crippen molar-refractivity contribution < 1.29 is 9.59 Å². The van der Waals surface area contributed by atoms with Crippen LogP contribution in [0.25, 0.3) is 11.8 Å². The number of nitrogens with two attached hydrogens (primary N) is 2. The number of aryl methyl sites for hydroxylation is 3. The summed E-state index contributed by atoms with van der Waals surface area (Å²) in [6.07, 6.45) is 2.89. The average molecular weight is 432 g/mol. The van der Waals surface area contributed by atoms with Crippen LogP contribution >= 0.6 is 0 Å². The molecule has 4 amide bonds. The number of aromatic amines is 2. The van der Waals surface area contributed by atoms with E-state index in [0.29, 0.717) is 11.0 Å². The molecule has 164 valence electrons. The summed E-state index contributed by atoms with van der Waals surface area (Å²) in [6, 6.07) is 10.2. The maximum Gasteiger partial charge on any atom is 0.356 e. The van der Waals surface area contributed by atoms with Gasteiger partial charge in [-0.05, 0) is 61.7 Å². The van der Waals surface area contributed by atoms with Crippen LogP contribution in [0.3, 0.4) is 0 Å². The molecule has 10 heteroatoms. The molecule has 0 saturated heterocycles. The number of primary amides is 2. The SMILES string of the molecule is Cc1cc(C)c(/C(c2ccc(/C=N/NC(N)=O)[nH]2)=c2/cc/c(=C/N=NC(N)=O)[nH]2)c(C)c1. The molecule has 0 fully saturated rings. The number of urea groups is 2. The van der Waals surface area contributed by atoms with Gasteiger partial charge in [0.15, 0.2) is 0 Å². The third-order valence-corrected chi connectivity index (χ3v) is 4.61. The Morgan fingerprint density at radius 3 is 2.38 bits per heavy atom. The lowest BCUT2D eigenvalue weighted by molar-refractivity contribution is 0.249. The smallest absolute Gasteiger partial charge is 0.354 e. The Bertz CT molecular complexity index is 1320. The standard InChI is InChI=1S/C22H24N8O2/c1-12-8-13(2)19(14(3)9-12)20(17-6-4-15(27-17)10-25-29-21(23)31)18-7-5-16(28-18)11-26-30-22(24)32/h4-11,27-28H,1-3H3,(H2,23,31)(H3,24,30,32)/b15-10-,20-17-,26-11+,29-25?. The summed E-state index contributed by atoms with van der Waals surface area (Å²) in [5.41, 5.74) is 19.1. The highest BCUT2D eigenvalue weighted by Gasteiger charge is 2.15. The number of carbonyl (C=O) groups is 2. The predicted molar refractivity (Wildman–Crippen MR) is 122 cm³/mol. The number of rotatable bonds is 5. The number of aromatic nitrogens is 2. The molecule has 0 atom stereocenters. The van der Waals surface area contributed by atoms with E-state index in [1.807, 2.05) is 24.3 Å². The van der Waals surface area contributed by atoms with E-state index in [1.54, 1.807) is 0 Å². The molecule has 0 aliphatic carbocycles. The van der Waals surface area contributed by atoms with Crippen molar-refractivity contribution in [2.45, 2.75) is 20.8 Å². The highest BCUT2D eigenvalue weighted by molar-refractivity contribution is 5.85. The van der Waals surface area contributed by atoms with Crippen LogP contribution in [0.15, 0.2) is 51.7 Å². The van der Waals surface area contributed by atoms with Crippen LogP contribution in [0, 0.1) is 20.8 Å². The first kappa shape index (κ1) is 22.2. The van der Waals surface area contributed by atoms with E-state index in [4.69, 9.17) is 11.5 Å². The van der Waals surface area contributed by atoms with Crippen molar-refractivity contribution in [2.75, 3.05) is 0 Å². The Morgan fingerprint density at radius 1 is 1.00 bits per heavy atom. The summed E-state index contributed by atoms with van der Waals surface area (Å²) in [7, 11) is 0. The number of hydrogen-bond donors (Lipinski definition) is 5. The van der Waals surface area contributed by atoms with Crippen LogP contribution in [0.2, 0.25) is 0 Å². The molecule has 0 saturated carbocycles. The van der Waals surface area contributed by atoms with Gasteiger partial charge >= 0.3 is 12.1 Å². The van der Waals surface area contributed by atoms with Crippen molar-refractivity contribution in [2.24, 2.45) is 26.8 Å². The molecule has 1 aromatic carbocycles. The Hall–Kier alpha value is -4.47. The summed E-state index contributed by atoms with van der Waals surface area (Å²) in [5.74, 6) is 0. The molecule has 3 aromatic rings. The first-order valence-corrected chi connectivity index (χ1v) is 9.70. The normalized spacial score (nSPS) is 13.2. The van der Waals surface area contributed by atoms with Crippen molar-refractivity contribution in [1.29, 1.82) is 0 Å². The van der Waals surface area contributed by atoms with Gasteiger partial charge in [0.05, 0.1) is 23.5 Å². The molecule has 0 aliphatic rings. The quantitative estimate of drug-likeness (QED) is 0.236. The minimum atomic E-state index is -0.863. The Morgan fingerprint density at radius 2 is 1.72 bits per heavy atom. The highest BCUT2D eigenvalue weighted by atomic mass is 16.2. The van der Waals surface area contributed by atoms with Gasteiger partial charge in [0.2, 0.25) is 0 Å². The molecular weight excluding hydrogens is 408 g/mol. The van der Waals surface area contributed by atoms with Crippen molar-refractivity contribution in [1.82, 2.24) is 15.4 Å². The Balaban J connectivity index is 2.19. The fourth-order valence-electron chi connectivity index (χ4n) is 3.57. The number of hydrogen-bond acceptors (Lipinski definition) is 4. The number of carbonyl (C=O) groups excluding carboxylic acids is 2. The van der Waals surface area contributed by atoms with Gasteiger partial charge in [0.1, 0.15) is 0 Å². The molecule has 0 unspecified atom stereocenters. The topological polar surface area (TPSA) is 167 Å². The number of H-pyrrole nitrogens is 2. The van der Waals surface area contributed by atoms with E-state index in [2.05, 4.69) is 63.6 Å². The summed E-state index contributed by atoms with van der Waals surface area (Å²) < 4.78 is 0. The van der Waals surface area contributed by atoms with Gasteiger partial charge in [-0.1, -0.05) is 22.8 Å². The van der Waals surface area contributed by atoms with Crippen LogP contribution in [-0.2, 0) is 0 Å². The number of hydrazone groups is 1. The molecule has 3 rings (SSSR count). The van der Waals surface area contributed by atoms with E-state index in [9.17, 15) is 9.59 Å². The minimum Gasteiger partial charge on any atom is -0.354 e. The molecule has 0 radical (unpaired) electrons. The highest BCUT2D eigenvalue weighted by Crippen LogP contribution is 2.27. The fourth-order valence-corrected chi connectivity index (χ4v) is 3.57. The number of nitrogens with one attached hydrogen (secondary N) is 3. The first-order valence-electron chi connectivity index (χ1n) is 9.70. The maximum absolute atomic E-state index is 10.8. The Labute approximate surface area is 183 Å².